The lowest BCUT2D eigenvalue weighted by Gasteiger charge is -2.24. The molecule has 1 heterocycles. The van der Waals surface area contributed by atoms with Crippen LogP contribution in [-0.4, -0.2) is 35.4 Å². The van der Waals surface area contributed by atoms with Crippen molar-refractivity contribution in [3.63, 3.8) is 0 Å². The molecule has 0 spiro atoms. The van der Waals surface area contributed by atoms with Gasteiger partial charge in [0, 0.05) is 6.54 Å². The summed E-state index contributed by atoms with van der Waals surface area (Å²) in [5.41, 5.74) is 0. The number of aliphatic hydroxyl groups is 1. The Kier molecular flexibility index (Phi) is 4.40. The van der Waals surface area contributed by atoms with E-state index in [-0.39, 0.29) is 12.4 Å². The molecule has 1 aliphatic rings. The van der Waals surface area contributed by atoms with Crippen LogP contribution in [0.25, 0.3) is 0 Å². The van der Waals surface area contributed by atoms with E-state index in [4.69, 9.17) is 10.2 Å². The minimum absolute atomic E-state index is 0. The summed E-state index contributed by atoms with van der Waals surface area (Å²) >= 11 is 0. The van der Waals surface area contributed by atoms with Crippen LogP contribution in [0.2, 0.25) is 0 Å². The molecule has 66 valence electrons. The first-order valence-electron chi connectivity index (χ1n) is 3.33. The van der Waals surface area contributed by atoms with Crippen LogP contribution < -0.4 is 5.32 Å². The number of nitrogens with one attached hydrogen (secondary N) is 1. The summed E-state index contributed by atoms with van der Waals surface area (Å²) in [5.74, 6) is -1.46. The van der Waals surface area contributed by atoms with E-state index in [9.17, 15) is 4.79 Å². The maximum atomic E-state index is 10.4. The van der Waals surface area contributed by atoms with Crippen LogP contribution in [0, 0.1) is 5.92 Å². The van der Waals surface area contributed by atoms with Gasteiger partial charge in [-0.15, -0.1) is 12.4 Å². The zero-order valence-corrected chi connectivity index (χ0v) is 6.80. The Hall–Kier alpha value is -0.320. The molecule has 3 N–H and O–H groups in total. The third-order valence-electron chi connectivity index (χ3n) is 1.77. The Balaban J connectivity index is 0.000001000. The lowest BCUT2D eigenvalue weighted by molar-refractivity contribution is -0.146. The molecule has 0 unspecified atom stereocenters. The molecule has 1 rings (SSSR count). The topological polar surface area (TPSA) is 69.6 Å². The number of carboxylic acids is 1. The zero-order valence-electron chi connectivity index (χ0n) is 5.99. The monoisotopic (exact) mass is 181 g/mol. The van der Waals surface area contributed by atoms with Gasteiger partial charge in [-0.1, -0.05) is 0 Å². The molecule has 1 saturated heterocycles. The first-order chi connectivity index (χ1) is 4.72. The second-order valence-electron chi connectivity index (χ2n) is 2.50. The molecule has 0 aromatic carbocycles. The maximum Gasteiger partial charge on any atom is 0.309 e. The van der Waals surface area contributed by atoms with Crippen LogP contribution in [0.15, 0.2) is 0 Å². The smallest absolute Gasteiger partial charge is 0.309 e. The molecule has 0 radical (unpaired) electrons. The van der Waals surface area contributed by atoms with Crippen LogP contribution in [0.4, 0.5) is 0 Å². The molecule has 0 aromatic heterocycles. The predicted molar refractivity (Wildman–Crippen MR) is 41.9 cm³/mol. The van der Waals surface area contributed by atoms with Gasteiger partial charge in [0.1, 0.15) is 0 Å². The second kappa shape index (κ2) is 4.54. The molecular weight excluding hydrogens is 170 g/mol. The van der Waals surface area contributed by atoms with Crippen LogP contribution in [0.5, 0.6) is 0 Å². The highest BCUT2D eigenvalue weighted by Gasteiger charge is 2.28. The Labute approximate surface area is 71.0 Å². The van der Waals surface area contributed by atoms with E-state index in [1.54, 1.807) is 0 Å². The number of piperidine rings is 1. The average molecular weight is 182 g/mol. The molecule has 1 fully saturated rings. The van der Waals surface area contributed by atoms with E-state index < -0.39 is 18.0 Å². The van der Waals surface area contributed by atoms with E-state index >= 15 is 0 Å². The lowest BCUT2D eigenvalue weighted by atomic mass is 9.96. The molecule has 0 aromatic rings. The number of carboxylic acid groups (broad SMARTS) is 1. The third-order valence-corrected chi connectivity index (χ3v) is 1.77. The summed E-state index contributed by atoms with van der Waals surface area (Å²) in [7, 11) is 0. The first-order valence-corrected chi connectivity index (χ1v) is 3.33. The van der Waals surface area contributed by atoms with Crippen LogP contribution >= 0.6 is 12.4 Å². The van der Waals surface area contributed by atoms with Crippen molar-refractivity contribution in [1.82, 2.24) is 5.32 Å². The summed E-state index contributed by atoms with van der Waals surface area (Å²) in [5, 5.41) is 20.5. The van der Waals surface area contributed by atoms with Crippen molar-refractivity contribution in [1.29, 1.82) is 0 Å². The zero-order chi connectivity index (χ0) is 7.56. The molecular formula is C6H12ClNO3. The number of hydrogen-bond acceptors (Lipinski definition) is 3. The SMILES string of the molecule is Cl.O=C(O)[C@H]1CCNC[C@@H]1O. The van der Waals surface area contributed by atoms with Gasteiger partial charge < -0.3 is 15.5 Å². The predicted octanol–water partition coefficient (Wildman–Crippen LogP) is -0.537. The maximum absolute atomic E-state index is 10.4. The van der Waals surface area contributed by atoms with Gasteiger partial charge in [-0.2, -0.15) is 0 Å². The number of halogens is 1. The number of hydrogen-bond donors (Lipinski definition) is 3. The Morgan fingerprint density at radius 2 is 2.18 bits per heavy atom. The fraction of sp³-hybridized carbons (Fsp3) is 0.833. The molecule has 0 saturated carbocycles. The molecule has 0 aliphatic carbocycles. The van der Waals surface area contributed by atoms with Gasteiger partial charge in [0.15, 0.2) is 0 Å². The number of rotatable bonds is 1. The van der Waals surface area contributed by atoms with Crippen molar-refractivity contribution in [2.75, 3.05) is 13.1 Å². The third kappa shape index (κ3) is 2.65. The quantitative estimate of drug-likeness (QED) is 0.509. The standard InChI is InChI=1S/C6H11NO3.ClH/c8-5-3-7-2-1-4(5)6(9)10;/h4-5,7-8H,1-3H2,(H,9,10);1H/t4-,5-;/m0./s1. The Bertz CT molecular complexity index is 142. The lowest BCUT2D eigenvalue weighted by Crippen LogP contribution is -2.43. The van der Waals surface area contributed by atoms with Crippen LogP contribution in [-0.2, 0) is 4.79 Å². The van der Waals surface area contributed by atoms with Crippen molar-refractivity contribution in [2.45, 2.75) is 12.5 Å². The highest BCUT2D eigenvalue weighted by molar-refractivity contribution is 5.85. The van der Waals surface area contributed by atoms with Gasteiger partial charge in [-0.25, -0.2) is 0 Å². The molecule has 5 heteroatoms. The summed E-state index contributed by atoms with van der Waals surface area (Å²) in [4.78, 5) is 10.4. The molecule has 0 bridgehead atoms. The summed E-state index contributed by atoms with van der Waals surface area (Å²) in [6, 6.07) is 0. The van der Waals surface area contributed by atoms with Crippen LogP contribution in [0.1, 0.15) is 6.42 Å². The van der Waals surface area contributed by atoms with Crippen molar-refractivity contribution in [3.8, 4) is 0 Å². The van der Waals surface area contributed by atoms with Gasteiger partial charge in [-0.3, -0.25) is 4.79 Å². The normalized spacial score (nSPS) is 30.6. The van der Waals surface area contributed by atoms with Gasteiger partial charge in [0.05, 0.1) is 12.0 Å². The Morgan fingerprint density at radius 1 is 1.55 bits per heavy atom. The van der Waals surface area contributed by atoms with Gasteiger partial charge in [0.25, 0.3) is 0 Å². The van der Waals surface area contributed by atoms with E-state index in [0.29, 0.717) is 19.5 Å². The number of carbonyl (C=O) groups is 1. The van der Waals surface area contributed by atoms with E-state index in [1.807, 2.05) is 0 Å². The first kappa shape index (κ1) is 10.7. The summed E-state index contributed by atoms with van der Waals surface area (Å²) in [6.45, 7) is 1.09. The van der Waals surface area contributed by atoms with Gasteiger partial charge >= 0.3 is 5.97 Å². The minimum atomic E-state index is -0.894. The van der Waals surface area contributed by atoms with Crippen molar-refractivity contribution in [2.24, 2.45) is 5.92 Å². The molecule has 11 heavy (non-hydrogen) atoms. The average Bonchev–Trinajstić information content (AvgIpc) is 1.88. The van der Waals surface area contributed by atoms with Gasteiger partial charge in [-0.05, 0) is 13.0 Å². The highest BCUT2D eigenvalue weighted by Crippen LogP contribution is 2.11. The van der Waals surface area contributed by atoms with Crippen molar-refractivity contribution < 1.29 is 15.0 Å². The highest BCUT2D eigenvalue weighted by atomic mass is 35.5. The molecule has 4 nitrogen and oxygen atoms in total. The number of aliphatic carboxylic acids is 1. The largest absolute Gasteiger partial charge is 0.481 e. The van der Waals surface area contributed by atoms with Crippen LogP contribution in [0.3, 0.4) is 0 Å². The Morgan fingerprint density at radius 3 is 2.55 bits per heavy atom. The van der Waals surface area contributed by atoms with E-state index in [1.165, 1.54) is 0 Å². The molecule has 1 aliphatic heterocycles. The molecule has 0 amide bonds. The number of β-amino-alcohol motifs (C(OH)–C–C–N with tert-alkyl or cyclic N) is 1. The van der Waals surface area contributed by atoms with E-state index in [2.05, 4.69) is 5.32 Å². The number of aliphatic hydroxyl groups excluding tert-OH is 1. The fourth-order valence-corrected chi connectivity index (χ4v) is 1.13. The molecule has 2 atom stereocenters. The summed E-state index contributed by atoms with van der Waals surface area (Å²) in [6.07, 6.45) is -0.192. The van der Waals surface area contributed by atoms with Crippen molar-refractivity contribution >= 4 is 18.4 Å². The second-order valence-corrected chi connectivity index (χ2v) is 2.50. The minimum Gasteiger partial charge on any atom is -0.481 e. The van der Waals surface area contributed by atoms with Gasteiger partial charge in [0.2, 0.25) is 0 Å². The van der Waals surface area contributed by atoms with Crippen molar-refractivity contribution in [3.05, 3.63) is 0 Å². The van der Waals surface area contributed by atoms with E-state index in [0.717, 1.165) is 0 Å². The fourth-order valence-electron chi connectivity index (χ4n) is 1.13. The summed E-state index contributed by atoms with van der Waals surface area (Å²) < 4.78 is 0.